The lowest BCUT2D eigenvalue weighted by molar-refractivity contribution is 0.0505. The molecule has 0 aromatic rings. The smallest absolute Gasteiger partial charge is 0.407 e. The molecule has 0 radical (unpaired) electrons. The molecule has 2 rings (SSSR count). The van der Waals surface area contributed by atoms with Gasteiger partial charge in [0.25, 0.3) is 0 Å². The lowest BCUT2D eigenvalue weighted by Gasteiger charge is -2.22. The van der Waals surface area contributed by atoms with Gasteiger partial charge in [0.2, 0.25) is 0 Å². The Morgan fingerprint density at radius 1 is 1.19 bits per heavy atom. The number of hydrogen-bond acceptors (Lipinski definition) is 3. The van der Waals surface area contributed by atoms with Crippen LogP contribution in [-0.4, -0.2) is 30.3 Å². The molecule has 2 aliphatic rings. The standard InChI is InChI=1S/C17H30N2O2/c1-17(2,3)21-16(20)19-15-10-9-14(11-15)18-12-13-7-5-4-6-8-13/h4-5,13-15,18H,6-12H2,1-3H3,(H,19,20). The summed E-state index contributed by atoms with van der Waals surface area (Å²) in [6.07, 6.45) is 11.2. The van der Waals surface area contributed by atoms with Gasteiger partial charge in [0.1, 0.15) is 5.60 Å². The van der Waals surface area contributed by atoms with Gasteiger partial charge in [-0.2, -0.15) is 0 Å². The number of alkyl carbamates (subject to hydrolysis) is 1. The largest absolute Gasteiger partial charge is 0.444 e. The maximum atomic E-state index is 11.8. The Morgan fingerprint density at radius 2 is 1.95 bits per heavy atom. The molecule has 120 valence electrons. The number of hydrogen-bond donors (Lipinski definition) is 2. The van der Waals surface area contributed by atoms with E-state index >= 15 is 0 Å². The van der Waals surface area contributed by atoms with Crippen molar-refractivity contribution in [1.29, 1.82) is 0 Å². The van der Waals surface area contributed by atoms with E-state index in [4.69, 9.17) is 4.74 Å². The van der Waals surface area contributed by atoms with Gasteiger partial charge in [-0.3, -0.25) is 0 Å². The summed E-state index contributed by atoms with van der Waals surface area (Å²) in [6.45, 7) is 6.78. The van der Waals surface area contributed by atoms with Crippen molar-refractivity contribution in [3.63, 3.8) is 0 Å². The van der Waals surface area contributed by atoms with E-state index in [9.17, 15) is 4.79 Å². The summed E-state index contributed by atoms with van der Waals surface area (Å²) in [5.41, 5.74) is -0.422. The number of carbonyl (C=O) groups excluding carboxylic acids is 1. The SMILES string of the molecule is CC(C)(C)OC(=O)NC1CCC(NCC2CC=CCC2)C1. The lowest BCUT2D eigenvalue weighted by atomic mass is 9.94. The van der Waals surface area contributed by atoms with Gasteiger partial charge in [0.15, 0.2) is 0 Å². The zero-order valence-corrected chi connectivity index (χ0v) is 13.7. The van der Waals surface area contributed by atoms with Crippen molar-refractivity contribution >= 4 is 6.09 Å². The van der Waals surface area contributed by atoms with Gasteiger partial charge < -0.3 is 15.4 Å². The number of ether oxygens (including phenoxy) is 1. The second-order valence-electron chi connectivity index (χ2n) is 7.41. The van der Waals surface area contributed by atoms with Crippen LogP contribution in [0.4, 0.5) is 4.79 Å². The van der Waals surface area contributed by atoms with E-state index in [1.54, 1.807) is 0 Å². The van der Waals surface area contributed by atoms with Crippen LogP contribution in [0.25, 0.3) is 0 Å². The van der Waals surface area contributed by atoms with Crippen molar-refractivity contribution in [1.82, 2.24) is 10.6 Å². The molecule has 21 heavy (non-hydrogen) atoms. The molecule has 3 unspecified atom stereocenters. The van der Waals surface area contributed by atoms with Gasteiger partial charge in [0.05, 0.1) is 0 Å². The lowest BCUT2D eigenvalue weighted by Crippen LogP contribution is -2.39. The Labute approximate surface area is 128 Å². The van der Waals surface area contributed by atoms with Crippen LogP contribution in [0.15, 0.2) is 12.2 Å². The fourth-order valence-electron chi connectivity index (χ4n) is 3.15. The van der Waals surface area contributed by atoms with Crippen LogP contribution in [0.2, 0.25) is 0 Å². The van der Waals surface area contributed by atoms with Crippen LogP contribution < -0.4 is 10.6 Å². The molecule has 0 aromatic heterocycles. The molecule has 0 bridgehead atoms. The van der Waals surface area contributed by atoms with Crippen molar-refractivity contribution in [3.05, 3.63) is 12.2 Å². The molecule has 0 aromatic carbocycles. The highest BCUT2D eigenvalue weighted by atomic mass is 16.6. The Morgan fingerprint density at radius 3 is 2.62 bits per heavy atom. The van der Waals surface area contributed by atoms with E-state index in [1.165, 1.54) is 19.3 Å². The number of nitrogens with one attached hydrogen (secondary N) is 2. The fourth-order valence-corrected chi connectivity index (χ4v) is 3.15. The molecule has 0 aliphatic heterocycles. The second kappa shape index (κ2) is 7.30. The molecule has 2 N–H and O–H groups in total. The highest BCUT2D eigenvalue weighted by Crippen LogP contribution is 2.22. The highest BCUT2D eigenvalue weighted by molar-refractivity contribution is 5.68. The van der Waals surface area contributed by atoms with E-state index in [0.717, 1.165) is 31.7 Å². The Bertz CT molecular complexity index is 373. The van der Waals surface area contributed by atoms with Crippen LogP contribution in [0.3, 0.4) is 0 Å². The fraction of sp³-hybridized carbons (Fsp3) is 0.824. The first-order chi connectivity index (χ1) is 9.92. The van der Waals surface area contributed by atoms with Crippen molar-refractivity contribution in [3.8, 4) is 0 Å². The van der Waals surface area contributed by atoms with Crippen molar-refractivity contribution in [2.24, 2.45) is 5.92 Å². The minimum absolute atomic E-state index is 0.253. The van der Waals surface area contributed by atoms with Gasteiger partial charge in [-0.05, 0) is 71.8 Å². The summed E-state index contributed by atoms with van der Waals surface area (Å²) in [7, 11) is 0. The molecule has 2 aliphatic carbocycles. The molecule has 1 amide bonds. The van der Waals surface area contributed by atoms with Gasteiger partial charge >= 0.3 is 6.09 Å². The molecule has 0 heterocycles. The Hall–Kier alpha value is -1.03. The monoisotopic (exact) mass is 294 g/mol. The third-order valence-corrected chi connectivity index (χ3v) is 4.23. The van der Waals surface area contributed by atoms with Crippen molar-refractivity contribution in [2.75, 3.05) is 6.54 Å². The molecular formula is C17H30N2O2. The molecule has 1 fully saturated rings. The summed E-state index contributed by atoms with van der Waals surface area (Å²) in [4.78, 5) is 11.8. The first kappa shape index (κ1) is 16.3. The maximum Gasteiger partial charge on any atom is 0.407 e. The minimum Gasteiger partial charge on any atom is -0.444 e. The van der Waals surface area contributed by atoms with E-state index in [-0.39, 0.29) is 12.1 Å². The van der Waals surface area contributed by atoms with E-state index in [2.05, 4.69) is 22.8 Å². The molecule has 0 spiro atoms. The van der Waals surface area contributed by atoms with E-state index in [0.29, 0.717) is 6.04 Å². The maximum absolute atomic E-state index is 11.8. The number of rotatable bonds is 4. The van der Waals surface area contributed by atoms with E-state index < -0.39 is 5.60 Å². The first-order valence-electron chi connectivity index (χ1n) is 8.30. The minimum atomic E-state index is -0.422. The zero-order chi connectivity index (χ0) is 15.3. The quantitative estimate of drug-likeness (QED) is 0.782. The predicted octanol–water partition coefficient (Wildman–Crippen LogP) is 3.38. The van der Waals surface area contributed by atoms with Gasteiger partial charge in [0, 0.05) is 12.1 Å². The summed E-state index contributed by atoms with van der Waals surface area (Å²) >= 11 is 0. The van der Waals surface area contributed by atoms with Crippen LogP contribution in [0.1, 0.15) is 59.3 Å². The number of carbonyl (C=O) groups is 1. The third kappa shape index (κ3) is 6.08. The third-order valence-electron chi connectivity index (χ3n) is 4.23. The number of amides is 1. The zero-order valence-electron chi connectivity index (χ0n) is 13.7. The van der Waals surface area contributed by atoms with Crippen molar-refractivity contribution < 1.29 is 9.53 Å². The summed E-state index contributed by atoms with van der Waals surface area (Å²) in [6, 6.07) is 0.791. The van der Waals surface area contributed by atoms with Crippen LogP contribution in [-0.2, 0) is 4.74 Å². The predicted molar refractivity (Wildman–Crippen MR) is 85.3 cm³/mol. The summed E-state index contributed by atoms with van der Waals surface area (Å²) < 4.78 is 5.31. The van der Waals surface area contributed by atoms with Crippen LogP contribution >= 0.6 is 0 Å². The highest BCUT2D eigenvalue weighted by Gasteiger charge is 2.27. The molecule has 4 heteroatoms. The van der Waals surface area contributed by atoms with Crippen LogP contribution in [0, 0.1) is 5.92 Å². The van der Waals surface area contributed by atoms with E-state index in [1.807, 2.05) is 20.8 Å². The average Bonchev–Trinajstić information content (AvgIpc) is 2.83. The average molecular weight is 294 g/mol. The van der Waals surface area contributed by atoms with Crippen molar-refractivity contribution in [2.45, 2.75) is 77.0 Å². The van der Waals surface area contributed by atoms with Gasteiger partial charge in [-0.1, -0.05) is 12.2 Å². The molecule has 4 nitrogen and oxygen atoms in total. The second-order valence-corrected chi connectivity index (χ2v) is 7.41. The van der Waals surface area contributed by atoms with Gasteiger partial charge in [-0.25, -0.2) is 4.79 Å². The summed E-state index contributed by atoms with van der Waals surface area (Å²) in [5.74, 6) is 0.785. The topological polar surface area (TPSA) is 50.4 Å². The Kier molecular flexibility index (Phi) is 5.68. The van der Waals surface area contributed by atoms with Crippen LogP contribution in [0.5, 0.6) is 0 Å². The first-order valence-corrected chi connectivity index (χ1v) is 8.30. The molecule has 3 atom stereocenters. The number of allylic oxidation sites excluding steroid dienone is 2. The Balaban J connectivity index is 1.64. The molecular weight excluding hydrogens is 264 g/mol. The molecule has 0 saturated heterocycles. The summed E-state index contributed by atoms with van der Waals surface area (Å²) in [5, 5.41) is 6.67. The normalized spacial score (nSPS) is 29.4. The van der Waals surface area contributed by atoms with Gasteiger partial charge in [-0.15, -0.1) is 0 Å². The molecule has 1 saturated carbocycles.